The Bertz CT molecular complexity index is 272. The summed E-state index contributed by atoms with van der Waals surface area (Å²) in [6, 6.07) is 0. The second-order valence-electron chi connectivity index (χ2n) is 4.96. The Kier molecular flexibility index (Phi) is 4.33. The number of hydrogen-bond acceptors (Lipinski definition) is 3. The van der Waals surface area contributed by atoms with Crippen LogP contribution in [0.4, 0.5) is 0 Å². The van der Waals surface area contributed by atoms with Gasteiger partial charge in [0.25, 0.3) is 0 Å². The van der Waals surface area contributed by atoms with E-state index in [2.05, 4.69) is 0 Å². The molecule has 1 aliphatic carbocycles. The van der Waals surface area contributed by atoms with E-state index in [4.69, 9.17) is 9.84 Å². The summed E-state index contributed by atoms with van der Waals surface area (Å²) in [7, 11) is 0. The summed E-state index contributed by atoms with van der Waals surface area (Å²) >= 11 is 0. The number of ether oxygens (including phenoxy) is 1. The summed E-state index contributed by atoms with van der Waals surface area (Å²) in [4.78, 5) is 22.8. The number of carbonyl (C=O) groups excluding carboxylic acids is 1. The van der Waals surface area contributed by atoms with Crippen molar-refractivity contribution in [3.63, 3.8) is 0 Å². The predicted octanol–water partition coefficient (Wildman–Crippen LogP) is 2.08. The summed E-state index contributed by atoms with van der Waals surface area (Å²) in [5.74, 6) is -1.89. The molecule has 0 aromatic rings. The van der Waals surface area contributed by atoms with E-state index in [1.54, 1.807) is 13.8 Å². The molecule has 0 heterocycles. The first kappa shape index (κ1) is 13.0. The van der Waals surface area contributed by atoms with Crippen LogP contribution in [0.15, 0.2) is 0 Å². The number of rotatable bonds is 3. The molecule has 3 atom stereocenters. The van der Waals surface area contributed by atoms with Crippen LogP contribution in [0.2, 0.25) is 0 Å². The molecule has 92 valence electrons. The molecule has 1 fully saturated rings. The molecule has 0 bridgehead atoms. The Morgan fingerprint density at radius 2 is 1.88 bits per heavy atom. The number of carbonyl (C=O) groups is 2. The zero-order valence-corrected chi connectivity index (χ0v) is 10.1. The highest BCUT2D eigenvalue weighted by Crippen LogP contribution is 2.34. The van der Waals surface area contributed by atoms with Crippen molar-refractivity contribution in [3.05, 3.63) is 0 Å². The van der Waals surface area contributed by atoms with Crippen molar-refractivity contribution in [3.8, 4) is 0 Å². The third kappa shape index (κ3) is 3.22. The molecule has 16 heavy (non-hydrogen) atoms. The van der Waals surface area contributed by atoms with Crippen LogP contribution in [0.3, 0.4) is 0 Å². The highest BCUT2D eigenvalue weighted by atomic mass is 16.5. The van der Waals surface area contributed by atoms with E-state index in [-0.39, 0.29) is 12.1 Å². The third-order valence-corrected chi connectivity index (χ3v) is 3.08. The maximum atomic E-state index is 11.7. The standard InChI is InChI=1S/C12H20O4/c1-7(2)16-12(15)9-5-4-8(3)6-10(9)11(13)14/h7-10H,4-6H2,1-3H3,(H,13,14). The predicted molar refractivity (Wildman–Crippen MR) is 58.9 cm³/mol. The highest BCUT2D eigenvalue weighted by molar-refractivity contribution is 5.81. The molecule has 3 unspecified atom stereocenters. The number of aliphatic carboxylic acids is 1. The van der Waals surface area contributed by atoms with Gasteiger partial charge in [0, 0.05) is 0 Å². The molecule has 4 nitrogen and oxygen atoms in total. The summed E-state index contributed by atoms with van der Waals surface area (Å²) in [5.41, 5.74) is 0. The molecule has 0 spiro atoms. The smallest absolute Gasteiger partial charge is 0.310 e. The lowest BCUT2D eigenvalue weighted by molar-refractivity contribution is -0.163. The fraction of sp³-hybridized carbons (Fsp3) is 0.833. The van der Waals surface area contributed by atoms with E-state index in [0.717, 1.165) is 6.42 Å². The summed E-state index contributed by atoms with van der Waals surface area (Å²) in [5, 5.41) is 9.10. The van der Waals surface area contributed by atoms with Crippen LogP contribution < -0.4 is 0 Å². The van der Waals surface area contributed by atoms with Gasteiger partial charge in [-0.05, 0) is 39.0 Å². The topological polar surface area (TPSA) is 63.6 Å². The maximum absolute atomic E-state index is 11.7. The van der Waals surface area contributed by atoms with Gasteiger partial charge in [-0.2, -0.15) is 0 Å². The summed E-state index contributed by atoms with van der Waals surface area (Å²) in [6.45, 7) is 5.58. The van der Waals surface area contributed by atoms with Gasteiger partial charge in [0.1, 0.15) is 0 Å². The average Bonchev–Trinajstić information content (AvgIpc) is 2.16. The molecule has 0 radical (unpaired) electrons. The average molecular weight is 228 g/mol. The Morgan fingerprint density at radius 1 is 1.25 bits per heavy atom. The van der Waals surface area contributed by atoms with Gasteiger partial charge in [-0.25, -0.2) is 0 Å². The molecular weight excluding hydrogens is 208 g/mol. The zero-order valence-electron chi connectivity index (χ0n) is 10.1. The van der Waals surface area contributed by atoms with Crippen molar-refractivity contribution in [1.29, 1.82) is 0 Å². The number of esters is 1. The van der Waals surface area contributed by atoms with Gasteiger partial charge >= 0.3 is 11.9 Å². The first-order chi connectivity index (χ1) is 7.41. The third-order valence-electron chi connectivity index (χ3n) is 3.08. The Balaban J connectivity index is 2.69. The minimum absolute atomic E-state index is 0.179. The monoisotopic (exact) mass is 228 g/mol. The molecule has 0 aromatic heterocycles. The van der Waals surface area contributed by atoms with Crippen molar-refractivity contribution in [2.24, 2.45) is 17.8 Å². The maximum Gasteiger partial charge on any atom is 0.310 e. The van der Waals surface area contributed by atoms with E-state index < -0.39 is 17.8 Å². The van der Waals surface area contributed by atoms with Gasteiger partial charge in [0.15, 0.2) is 0 Å². The van der Waals surface area contributed by atoms with Crippen LogP contribution in [0.25, 0.3) is 0 Å². The highest BCUT2D eigenvalue weighted by Gasteiger charge is 2.39. The van der Waals surface area contributed by atoms with Crippen LogP contribution in [0.5, 0.6) is 0 Å². The van der Waals surface area contributed by atoms with E-state index in [9.17, 15) is 9.59 Å². The van der Waals surface area contributed by atoms with Crippen LogP contribution in [-0.2, 0) is 14.3 Å². The molecule has 1 rings (SSSR count). The van der Waals surface area contributed by atoms with Crippen molar-refractivity contribution in [2.45, 2.75) is 46.1 Å². The molecule has 1 saturated carbocycles. The SMILES string of the molecule is CC1CCC(C(=O)OC(C)C)C(C(=O)O)C1. The number of carboxylic acids is 1. The molecule has 1 N–H and O–H groups in total. The van der Waals surface area contributed by atoms with E-state index in [0.29, 0.717) is 18.8 Å². The fourth-order valence-electron chi connectivity index (χ4n) is 2.26. The van der Waals surface area contributed by atoms with Crippen molar-refractivity contribution in [1.82, 2.24) is 0 Å². The van der Waals surface area contributed by atoms with Gasteiger partial charge in [0.05, 0.1) is 17.9 Å². The first-order valence-electron chi connectivity index (χ1n) is 5.85. The van der Waals surface area contributed by atoms with Gasteiger partial charge in [-0.1, -0.05) is 6.92 Å². The van der Waals surface area contributed by atoms with Gasteiger partial charge in [-0.15, -0.1) is 0 Å². The summed E-state index contributed by atoms with van der Waals surface area (Å²) < 4.78 is 5.10. The van der Waals surface area contributed by atoms with Crippen LogP contribution in [-0.4, -0.2) is 23.1 Å². The lowest BCUT2D eigenvalue weighted by Crippen LogP contribution is -2.36. The van der Waals surface area contributed by atoms with E-state index in [1.807, 2.05) is 6.92 Å². The quantitative estimate of drug-likeness (QED) is 0.751. The fourth-order valence-corrected chi connectivity index (χ4v) is 2.26. The summed E-state index contributed by atoms with van der Waals surface area (Å²) in [6.07, 6.45) is 1.93. The van der Waals surface area contributed by atoms with Crippen LogP contribution in [0, 0.1) is 17.8 Å². The van der Waals surface area contributed by atoms with E-state index in [1.165, 1.54) is 0 Å². The molecular formula is C12H20O4. The van der Waals surface area contributed by atoms with Gasteiger partial charge in [-0.3, -0.25) is 9.59 Å². The van der Waals surface area contributed by atoms with E-state index >= 15 is 0 Å². The van der Waals surface area contributed by atoms with Crippen molar-refractivity contribution < 1.29 is 19.4 Å². The van der Waals surface area contributed by atoms with Crippen molar-refractivity contribution in [2.75, 3.05) is 0 Å². The minimum atomic E-state index is -0.878. The lowest BCUT2D eigenvalue weighted by Gasteiger charge is -2.31. The zero-order chi connectivity index (χ0) is 12.3. The minimum Gasteiger partial charge on any atom is -0.481 e. The van der Waals surface area contributed by atoms with Crippen molar-refractivity contribution >= 4 is 11.9 Å². The van der Waals surface area contributed by atoms with Gasteiger partial charge < -0.3 is 9.84 Å². The van der Waals surface area contributed by atoms with Gasteiger partial charge in [0.2, 0.25) is 0 Å². The number of carboxylic acid groups (broad SMARTS) is 1. The lowest BCUT2D eigenvalue weighted by atomic mass is 9.74. The molecule has 0 aromatic carbocycles. The molecule has 0 amide bonds. The Morgan fingerprint density at radius 3 is 2.38 bits per heavy atom. The number of hydrogen-bond donors (Lipinski definition) is 1. The first-order valence-corrected chi connectivity index (χ1v) is 5.85. The van der Waals surface area contributed by atoms with Crippen LogP contribution in [0.1, 0.15) is 40.0 Å². The largest absolute Gasteiger partial charge is 0.481 e. The molecule has 0 saturated heterocycles. The Labute approximate surface area is 96.0 Å². The normalized spacial score (nSPS) is 30.1. The second kappa shape index (κ2) is 5.32. The Hall–Kier alpha value is -1.06. The van der Waals surface area contributed by atoms with Crippen LogP contribution >= 0.6 is 0 Å². The molecule has 4 heteroatoms. The molecule has 1 aliphatic rings. The second-order valence-corrected chi connectivity index (χ2v) is 4.96. The molecule has 0 aliphatic heterocycles.